The molecule has 6 heteroatoms. The molecule has 1 saturated carbocycles. The van der Waals surface area contributed by atoms with E-state index in [9.17, 15) is 19.1 Å². The monoisotopic (exact) mass is 320 g/mol. The minimum absolute atomic E-state index is 0.0941. The molecule has 1 aliphatic heterocycles. The van der Waals surface area contributed by atoms with Crippen LogP contribution in [-0.4, -0.2) is 41.0 Å². The van der Waals surface area contributed by atoms with Gasteiger partial charge >= 0.3 is 0 Å². The number of likely N-dealkylation sites (tertiary alicyclic amines) is 1. The highest BCUT2D eigenvalue weighted by molar-refractivity contribution is 5.94. The molecule has 1 unspecified atom stereocenters. The van der Waals surface area contributed by atoms with Gasteiger partial charge in [-0.15, -0.1) is 0 Å². The Morgan fingerprint density at radius 1 is 1.22 bits per heavy atom. The number of halogens is 1. The number of phenolic OH excluding ortho intramolecular Hbond substituents is 1. The Balaban J connectivity index is 1.57. The molecular formula is C17H21FN2O3. The van der Waals surface area contributed by atoms with Crippen molar-refractivity contribution in [3.8, 4) is 5.75 Å². The number of aromatic hydroxyl groups is 1. The summed E-state index contributed by atoms with van der Waals surface area (Å²) in [5.41, 5.74) is -0.0941. The topological polar surface area (TPSA) is 69.6 Å². The van der Waals surface area contributed by atoms with Crippen LogP contribution in [0.15, 0.2) is 18.2 Å². The van der Waals surface area contributed by atoms with Crippen molar-refractivity contribution < 1.29 is 19.1 Å². The average Bonchev–Trinajstić information content (AvgIpc) is 3.17. The lowest BCUT2D eigenvalue weighted by molar-refractivity contribution is -0.134. The van der Waals surface area contributed by atoms with Crippen molar-refractivity contribution in [2.24, 2.45) is 5.92 Å². The Kier molecular flexibility index (Phi) is 4.50. The number of amides is 2. The largest absolute Gasteiger partial charge is 0.508 e. The number of hydrogen-bond acceptors (Lipinski definition) is 3. The van der Waals surface area contributed by atoms with E-state index < -0.39 is 11.7 Å². The molecule has 0 spiro atoms. The van der Waals surface area contributed by atoms with Gasteiger partial charge < -0.3 is 15.3 Å². The molecule has 2 amide bonds. The summed E-state index contributed by atoms with van der Waals surface area (Å²) in [6.45, 7) is 1.12. The molecule has 0 aromatic heterocycles. The van der Waals surface area contributed by atoms with E-state index in [0.29, 0.717) is 19.5 Å². The maximum atomic E-state index is 13.7. The second-order valence-electron chi connectivity index (χ2n) is 6.39. The third kappa shape index (κ3) is 3.46. The van der Waals surface area contributed by atoms with Crippen LogP contribution in [0.3, 0.4) is 0 Å². The number of benzene rings is 1. The Bertz CT molecular complexity index is 614. The van der Waals surface area contributed by atoms with E-state index in [1.807, 2.05) is 4.90 Å². The van der Waals surface area contributed by atoms with Gasteiger partial charge in [0.2, 0.25) is 5.91 Å². The molecule has 2 aliphatic rings. The van der Waals surface area contributed by atoms with E-state index in [4.69, 9.17) is 0 Å². The zero-order valence-electron chi connectivity index (χ0n) is 12.9. The molecule has 1 heterocycles. The lowest BCUT2D eigenvalue weighted by Gasteiger charge is -2.20. The van der Waals surface area contributed by atoms with Gasteiger partial charge in [-0.25, -0.2) is 4.39 Å². The normalized spacial score (nSPS) is 21.6. The van der Waals surface area contributed by atoms with Gasteiger partial charge in [0.15, 0.2) is 0 Å². The minimum Gasteiger partial charge on any atom is -0.508 e. The highest BCUT2D eigenvalue weighted by atomic mass is 19.1. The summed E-state index contributed by atoms with van der Waals surface area (Å²) in [6, 6.07) is 3.30. The Morgan fingerprint density at radius 3 is 2.65 bits per heavy atom. The third-order valence-corrected chi connectivity index (χ3v) is 4.74. The maximum absolute atomic E-state index is 13.7. The van der Waals surface area contributed by atoms with Crippen molar-refractivity contribution >= 4 is 11.8 Å². The molecule has 0 radical (unpaired) electrons. The number of rotatable bonds is 3. The molecule has 124 valence electrons. The van der Waals surface area contributed by atoms with Crippen LogP contribution in [0.5, 0.6) is 5.75 Å². The fourth-order valence-electron chi connectivity index (χ4n) is 3.46. The predicted octanol–water partition coefficient (Wildman–Crippen LogP) is 2.05. The first-order valence-corrected chi connectivity index (χ1v) is 8.13. The van der Waals surface area contributed by atoms with Crippen LogP contribution < -0.4 is 5.32 Å². The van der Waals surface area contributed by atoms with Crippen molar-refractivity contribution in [1.82, 2.24) is 10.2 Å². The van der Waals surface area contributed by atoms with Crippen molar-refractivity contribution in [3.05, 3.63) is 29.6 Å². The molecule has 2 fully saturated rings. The number of nitrogens with zero attached hydrogens (tertiary/aromatic N) is 1. The van der Waals surface area contributed by atoms with Gasteiger partial charge in [-0.3, -0.25) is 9.59 Å². The smallest absolute Gasteiger partial charge is 0.254 e. The number of phenols is 1. The fourth-order valence-corrected chi connectivity index (χ4v) is 3.46. The second kappa shape index (κ2) is 6.56. The fraction of sp³-hybridized carbons (Fsp3) is 0.529. The van der Waals surface area contributed by atoms with Gasteiger partial charge in [-0.2, -0.15) is 0 Å². The highest BCUT2D eigenvalue weighted by Gasteiger charge is 2.33. The first-order valence-electron chi connectivity index (χ1n) is 8.13. The average molecular weight is 320 g/mol. The minimum atomic E-state index is -0.751. The molecule has 5 nitrogen and oxygen atoms in total. The lowest BCUT2D eigenvalue weighted by Crippen LogP contribution is -2.40. The molecule has 0 bridgehead atoms. The molecule has 1 aromatic rings. The molecule has 2 N–H and O–H groups in total. The zero-order valence-corrected chi connectivity index (χ0v) is 12.9. The lowest BCUT2D eigenvalue weighted by atomic mass is 10.1. The summed E-state index contributed by atoms with van der Waals surface area (Å²) in [5.74, 6) is -1.15. The molecule has 3 rings (SSSR count). The summed E-state index contributed by atoms with van der Waals surface area (Å²) in [7, 11) is 0. The Morgan fingerprint density at radius 2 is 1.96 bits per heavy atom. The maximum Gasteiger partial charge on any atom is 0.254 e. The molecule has 1 aromatic carbocycles. The number of carbonyl (C=O) groups excluding carboxylic acids is 2. The zero-order chi connectivity index (χ0) is 16.4. The van der Waals surface area contributed by atoms with Crippen LogP contribution in [0.25, 0.3) is 0 Å². The van der Waals surface area contributed by atoms with E-state index in [1.54, 1.807) is 0 Å². The molecule has 1 atom stereocenters. The van der Waals surface area contributed by atoms with E-state index in [1.165, 1.54) is 12.1 Å². The summed E-state index contributed by atoms with van der Waals surface area (Å²) in [4.78, 5) is 26.3. The van der Waals surface area contributed by atoms with Gasteiger partial charge in [0.1, 0.15) is 11.6 Å². The van der Waals surface area contributed by atoms with Crippen LogP contribution in [0, 0.1) is 11.7 Å². The SMILES string of the molecule is O=C(NC1CCN(C(=O)C2CCCC2)C1)c1ccc(O)cc1F. The van der Waals surface area contributed by atoms with Crippen LogP contribution in [-0.2, 0) is 4.79 Å². The van der Waals surface area contributed by atoms with Gasteiger partial charge in [0.05, 0.1) is 5.56 Å². The van der Waals surface area contributed by atoms with Crippen LogP contribution in [0.4, 0.5) is 4.39 Å². The first kappa shape index (κ1) is 15.8. The molecule has 1 saturated heterocycles. The quantitative estimate of drug-likeness (QED) is 0.895. The first-order chi connectivity index (χ1) is 11.0. The highest BCUT2D eigenvalue weighted by Crippen LogP contribution is 2.28. The predicted molar refractivity (Wildman–Crippen MR) is 82.5 cm³/mol. The van der Waals surface area contributed by atoms with E-state index in [2.05, 4.69) is 5.32 Å². The van der Waals surface area contributed by atoms with Gasteiger partial charge in [0, 0.05) is 31.1 Å². The summed E-state index contributed by atoms with van der Waals surface area (Å²) in [5, 5.41) is 12.0. The van der Waals surface area contributed by atoms with E-state index in [0.717, 1.165) is 31.7 Å². The van der Waals surface area contributed by atoms with Gasteiger partial charge in [-0.1, -0.05) is 12.8 Å². The van der Waals surface area contributed by atoms with Crippen molar-refractivity contribution in [1.29, 1.82) is 0 Å². The van der Waals surface area contributed by atoms with Gasteiger partial charge in [0.25, 0.3) is 5.91 Å². The molecular weight excluding hydrogens is 299 g/mol. The number of nitrogens with one attached hydrogen (secondary N) is 1. The van der Waals surface area contributed by atoms with E-state index in [-0.39, 0.29) is 29.2 Å². The summed E-state index contributed by atoms with van der Waals surface area (Å²) in [6.07, 6.45) is 4.84. The van der Waals surface area contributed by atoms with Crippen molar-refractivity contribution in [2.75, 3.05) is 13.1 Å². The van der Waals surface area contributed by atoms with Crippen molar-refractivity contribution in [3.63, 3.8) is 0 Å². The van der Waals surface area contributed by atoms with Crippen LogP contribution >= 0.6 is 0 Å². The number of carbonyl (C=O) groups is 2. The van der Waals surface area contributed by atoms with Crippen molar-refractivity contribution in [2.45, 2.75) is 38.1 Å². The van der Waals surface area contributed by atoms with Gasteiger partial charge in [-0.05, 0) is 31.4 Å². The van der Waals surface area contributed by atoms with E-state index >= 15 is 0 Å². The summed E-state index contributed by atoms with van der Waals surface area (Å²) >= 11 is 0. The second-order valence-corrected chi connectivity index (χ2v) is 6.39. The van der Waals surface area contributed by atoms with Crippen LogP contribution in [0.2, 0.25) is 0 Å². The summed E-state index contributed by atoms with van der Waals surface area (Å²) < 4.78 is 13.7. The van der Waals surface area contributed by atoms with Crippen LogP contribution in [0.1, 0.15) is 42.5 Å². The third-order valence-electron chi connectivity index (χ3n) is 4.74. The standard InChI is InChI=1S/C17H21FN2O3/c18-15-9-13(21)5-6-14(15)16(22)19-12-7-8-20(10-12)17(23)11-3-1-2-4-11/h5-6,9,11-12,21H,1-4,7-8,10H2,(H,19,22). The Hall–Kier alpha value is -2.11. The Labute approximate surface area is 134 Å². The number of hydrogen-bond donors (Lipinski definition) is 2. The molecule has 1 aliphatic carbocycles. The molecule has 23 heavy (non-hydrogen) atoms.